The maximum absolute atomic E-state index is 13.6. The minimum atomic E-state index is -6.19. The summed E-state index contributed by atoms with van der Waals surface area (Å²) >= 11 is 0. The van der Waals surface area contributed by atoms with Gasteiger partial charge in [0, 0.05) is 6.42 Å². The zero-order valence-corrected chi connectivity index (χ0v) is 12.7. The van der Waals surface area contributed by atoms with E-state index in [4.69, 9.17) is 4.74 Å². The van der Waals surface area contributed by atoms with Crippen LogP contribution in [0, 0.1) is 0 Å². The first-order valence-electron chi connectivity index (χ1n) is 7.15. The molecule has 0 radical (unpaired) electrons. The summed E-state index contributed by atoms with van der Waals surface area (Å²) in [6.45, 7) is 2.20. The van der Waals surface area contributed by atoms with Gasteiger partial charge in [0.2, 0.25) is 0 Å². The van der Waals surface area contributed by atoms with Crippen LogP contribution >= 0.6 is 0 Å². The first-order chi connectivity index (χ1) is 10.9. The monoisotopic (exact) mass is 362 g/mol. The van der Waals surface area contributed by atoms with Crippen LogP contribution in [0.15, 0.2) is 24.3 Å². The number of benzene rings is 1. The molecule has 0 bridgehead atoms. The molecule has 0 spiro atoms. The second-order valence-corrected chi connectivity index (χ2v) is 5.29. The van der Waals surface area contributed by atoms with Crippen molar-refractivity contribution in [2.24, 2.45) is 0 Å². The van der Waals surface area contributed by atoms with Gasteiger partial charge < -0.3 is 9.84 Å². The molecular formula is C15H17F7O2. The first-order valence-corrected chi connectivity index (χ1v) is 7.15. The van der Waals surface area contributed by atoms with E-state index in [2.05, 4.69) is 0 Å². The van der Waals surface area contributed by atoms with Crippen LogP contribution < -0.4 is 4.74 Å². The van der Waals surface area contributed by atoms with Gasteiger partial charge in [-0.15, -0.1) is 0 Å². The Labute approximate surface area is 134 Å². The number of rotatable bonds is 7. The quantitative estimate of drug-likeness (QED) is 0.539. The molecule has 24 heavy (non-hydrogen) atoms. The van der Waals surface area contributed by atoms with Gasteiger partial charge in [-0.25, -0.2) is 4.39 Å². The zero-order chi connectivity index (χ0) is 18.6. The third kappa shape index (κ3) is 4.75. The molecule has 0 saturated heterocycles. The van der Waals surface area contributed by atoms with Crippen LogP contribution in [-0.4, -0.2) is 29.7 Å². The van der Waals surface area contributed by atoms with Gasteiger partial charge in [-0.1, -0.05) is 25.5 Å². The molecule has 1 N–H and O–H groups in total. The second kappa shape index (κ2) is 7.58. The maximum Gasteiger partial charge on any atom is 0.431 e. The van der Waals surface area contributed by atoms with Gasteiger partial charge in [0.05, 0.1) is 12.7 Å². The van der Waals surface area contributed by atoms with Gasteiger partial charge in [-0.3, -0.25) is 0 Å². The summed E-state index contributed by atoms with van der Waals surface area (Å²) in [5.74, 6) is 0.170. The Bertz CT molecular complexity index is 511. The van der Waals surface area contributed by atoms with E-state index in [-0.39, 0.29) is 11.3 Å². The lowest BCUT2D eigenvalue weighted by Crippen LogP contribution is -2.54. The van der Waals surface area contributed by atoms with Crippen molar-refractivity contribution in [3.05, 3.63) is 29.8 Å². The summed E-state index contributed by atoms with van der Waals surface area (Å²) in [5, 5.41) is 9.68. The lowest BCUT2D eigenvalue weighted by atomic mass is 9.93. The van der Waals surface area contributed by atoms with Gasteiger partial charge in [0.25, 0.3) is 0 Å². The fraction of sp³-hybridized carbons (Fsp3) is 0.600. The van der Waals surface area contributed by atoms with Crippen LogP contribution in [0.25, 0.3) is 0 Å². The molecule has 1 rings (SSSR count). The Balaban J connectivity index is 2.97. The minimum absolute atomic E-state index is 0.170. The number of unbranched alkanes of at least 4 members (excludes halogenated alkanes) is 1. The van der Waals surface area contributed by atoms with Gasteiger partial charge in [-0.05, 0) is 24.1 Å². The topological polar surface area (TPSA) is 29.5 Å². The molecule has 1 atom stereocenters. The van der Waals surface area contributed by atoms with E-state index in [1.807, 2.05) is 6.92 Å². The molecule has 0 amide bonds. The van der Waals surface area contributed by atoms with Crippen LogP contribution in [-0.2, 0) is 0 Å². The Morgan fingerprint density at radius 3 is 2.12 bits per heavy atom. The standard InChI is InChI=1S/C15H17F7O2/c1-2-3-7-24-11-6-4-5-10(8-11)12(23)9-13(16,14(17,18)19)15(20,21)22/h4-6,8,12,23H,2-3,7,9H2,1H3. The van der Waals surface area contributed by atoms with Crippen LogP contribution in [0.4, 0.5) is 30.7 Å². The molecule has 0 saturated carbocycles. The van der Waals surface area contributed by atoms with Gasteiger partial charge in [0.15, 0.2) is 0 Å². The Hall–Kier alpha value is -1.51. The van der Waals surface area contributed by atoms with E-state index in [1.165, 1.54) is 12.1 Å². The predicted molar refractivity (Wildman–Crippen MR) is 72.4 cm³/mol. The van der Waals surface area contributed by atoms with Crippen LogP contribution in [0.3, 0.4) is 0 Å². The highest BCUT2D eigenvalue weighted by Crippen LogP contribution is 2.50. The summed E-state index contributed by atoms with van der Waals surface area (Å²) in [6.07, 6.45) is -15.3. The smallest absolute Gasteiger partial charge is 0.431 e. The van der Waals surface area contributed by atoms with E-state index in [9.17, 15) is 35.8 Å². The molecule has 0 aliphatic carbocycles. The fourth-order valence-electron chi connectivity index (χ4n) is 1.92. The number of hydrogen-bond acceptors (Lipinski definition) is 2. The molecule has 9 heteroatoms. The Morgan fingerprint density at radius 1 is 1.04 bits per heavy atom. The largest absolute Gasteiger partial charge is 0.494 e. The molecule has 0 fully saturated rings. The summed E-state index contributed by atoms with van der Waals surface area (Å²) in [6, 6.07) is 4.92. The molecule has 1 aromatic rings. The fourth-order valence-corrected chi connectivity index (χ4v) is 1.92. The molecule has 1 unspecified atom stereocenters. The van der Waals surface area contributed by atoms with E-state index in [1.54, 1.807) is 0 Å². The van der Waals surface area contributed by atoms with Crippen molar-refractivity contribution in [3.63, 3.8) is 0 Å². The van der Waals surface area contributed by atoms with E-state index >= 15 is 0 Å². The lowest BCUT2D eigenvalue weighted by molar-refractivity contribution is -0.347. The average Bonchev–Trinajstić information content (AvgIpc) is 2.45. The first kappa shape index (κ1) is 20.5. The Kier molecular flexibility index (Phi) is 6.49. The van der Waals surface area contributed by atoms with E-state index in [0.717, 1.165) is 18.6 Å². The molecule has 0 heterocycles. The maximum atomic E-state index is 13.6. The number of hydrogen-bond donors (Lipinski definition) is 1. The third-order valence-corrected chi connectivity index (χ3v) is 3.38. The number of aliphatic hydroxyl groups excluding tert-OH is 1. The average molecular weight is 362 g/mol. The van der Waals surface area contributed by atoms with Crippen molar-refractivity contribution in [1.29, 1.82) is 0 Å². The summed E-state index contributed by atoms with van der Waals surface area (Å²) in [4.78, 5) is 0. The van der Waals surface area contributed by atoms with Gasteiger partial charge in [0.1, 0.15) is 5.75 Å². The molecule has 0 aromatic heterocycles. The number of ether oxygens (including phenoxy) is 1. The third-order valence-electron chi connectivity index (χ3n) is 3.38. The molecular weight excluding hydrogens is 345 g/mol. The van der Waals surface area contributed by atoms with Crippen molar-refractivity contribution < 1.29 is 40.6 Å². The molecule has 0 aliphatic rings. The van der Waals surface area contributed by atoms with Crippen molar-refractivity contribution in [2.75, 3.05) is 6.61 Å². The number of aliphatic hydroxyl groups is 1. The number of halogens is 7. The Morgan fingerprint density at radius 2 is 1.62 bits per heavy atom. The normalized spacial score (nSPS) is 14.5. The second-order valence-electron chi connectivity index (χ2n) is 5.29. The van der Waals surface area contributed by atoms with Crippen molar-refractivity contribution >= 4 is 0 Å². The van der Waals surface area contributed by atoms with E-state index in [0.29, 0.717) is 13.0 Å². The van der Waals surface area contributed by atoms with Crippen molar-refractivity contribution in [3.8, 4) is 5.75 Å². The van der Waals surface area contributed by atoms with Gasteiger partial charge >= 0.3 is 18.0 Å². The predicted octanol–water partition coefficient (Wildman–Crippen LogP) is 5.12. The molecule has 138 valence electrons. The zero-order valence-electron chi connectivity index (χ0n) is 12.7. The SMILES string of the molecule is CCCCOc1cccc(C(O)CC(F)(C(F)(F)F)C(F)(F)F)c1. The van der Waals surface area contributed by atoms with Crippen LogP contribution in [0.5, 0.6) is 5.75 Å². The molecule has 1 aromatic carbocycles. The highest BCUT2D eigenvalue weighted by Gasteiger charge is 2.72. The van der Waals surface area contributed by atoms with E-state index < -0.39 is 30.5 Å². The summed E-state index contributed by atoms with van der Waals surface area (Å²) in [5.41, 5.74) is -5.79. The summed E-state index contributed by atoms with van der Waals surface area (Å²) < 4.78 is 94.1. The van der Waals surface area contributed by atoms with Gasteiger partial charge in [-0.2, -0.15) is 26.3 Å². The van der Waals surface area contributed by atoms with Crippen molar-refractivity contribution in [1.82, 2.24) is 0 Å². The highest BCUT2D eigenvalue weighted by atomic mass is 19.4. The summed E-state index contributed by atoms with van der Waals surface area (Å²) in [7, 11) is 0. The minimum Gasteiger partial charge on any atom is -0.494 e. The number of alkyl halides is 7. The van der Waals surface area contributed by atoms with Crippen LogP contribution in [0.2, 0.25) is 0 Å². The van der Waals surface area contributed by atoms with Crippen molar-refractivity contribution in [2.45, 2.75) is 50.3 Å². The highest BCUT2D eigenvalue weighted by molar-refractivity contribution is 5.30. The van der Waals surface area contributed by atoms with Crippen LogP contribution in [0.1, 0.15) is 37.9 Å². The lowest BCUT2D eigenvalue weighted by Gasteiger charge is -2.31. The molecule has 2 nitrogen and oxygen atoms in total. The molecule has 0 aliphatic heterocycles.